The summed E-state index contributed by atoms with van der Waals surface area (Å²) in [6, 6.07) is -0.663. The number of hydrogen-bond acceptors (Lipinski definition) is 3. The Morgan fingerprint density at radius 3 is 1.07 bits per heavy atom. The lowest BCUT2D eigenvalue weighted by atomic mass is 10.0. The second-order valence-corrected chi connectivity index (χ2v) is 16.5. The van der Waals surface area contributed by atoms with Crippen LogP contribution < -0.4 is 5.32 Å². The molecule has 1 amide bonds. The van der Waals surface area contributed by atoms with E-state index in [1.54, 1.807) is 6.08 Å². The molecule has 346 valence electrons. The zero-order chi connectivity index (χ0) is 44.2. The van der Waals surface area contributed by atoms with Crippen LogP contribution in [0.25, 0.3) is 0 Å². The van der Waals surface area contributed by atoms with Crippen LogP contribution in [0.1, 0.15) is 213 Å². The van der Waals surface area contributed by atoms with Crippen molar-refractivity contribution >= 4 is 5.91 Å². The molecule has 4 nitrogen and oxygen atoms in total. The Labute approximate surface area is 378 Å². The van der Waals surface area contributed by atoms with Gasteiger partial charge < -0.3 is 15.5 Å². The first-order valence-corrected chi connectivity index (χ1v) is 25.2. The van der Waals surface area contributed by atoms with Crippen LogP contribution in [-0.4, -0.2) is 34.9 Å². The molecule has 0 heterocycles. The van der Waals surface area contributed by atoms with Crippen LogP contribution in [0.15, 0.2) is 122 Å². The van der Waals surface area contributed by atoms with Crippen molar-refractivity contribution in [2.24, 2.45) is 0 Å². The minimum absolute atomic E-state index is 0.126. The summed E-state index contributed by atoms with van der Waals surface area (Å²) >= 11 is 0. The van der Waals surface area contributed by atoms with Crippen molar-refractivity contribution in [2.45, 2.75) is 225 Å². The third kappa shape index (κ3) is 47.7. The van der Waals surface area contributed by atoms with E-state index in [0.717, 1.165) is 83.5 Å². The summed E-state index contributed by atoms with van der Waals surface area (Å²) in [4.78, 5) is 12.4. The van der Waals surface area contributed by atoms with Gasteiger partial charge in [0.25, 0.3) is 0 Å². The molecule has 0 fully saturated rings. The maximum absolute atomic E-state index is 12.4. The molecule has 2 atom stereocenters. The van der Waals surface area contributed by atoms with Gasteiger partial charge in [-0.2, -0.15) is 0 Å². The molecule has 0 aliphatic rings. The van der Waals surface area contributed by atoms with Crippen LogP contribution in [0.3, 0.4) is 0 Å². The van der Waals surface area contributed by atoms with Crippen molar-refractivity contribution in [1.82, 2.24) is 5.32 Å². The van der Waals surface area contributed by atoms with E-state index < -0.39 is 12.1 Å². The largest absolute Gasteiger partial charge is 0.394 e. The zero-order valence-electron chi connectivity index (χ0n) is 39.6. The molecule has 61 heavy (non-hydrogen) atoms. The van der Waals surface area contributed by atoms with Crippen LogP contribution in [0, 0.1) is 0 Å². The van der Waals surface area contributed by atoms with Gasteiger partial charge in [-0.1, -0.05) is 245 Å². The van der Waals surface area contributed by atoms with E-state index in [2.05, 4.69) is 129 Å². The Morgan fingerprint density at radius 1 is 0.410 bits per heavy atom. The second-order valence-electron chi connectivity index (χ2n) is 16.5. The van der Waals surface area contributed by atoms with Gasteiger partial charge in [0.2, 0.25) is 5.91 Å². The highest BCUT2D eigenvalue weighted by Crippen LogP contribution is 2.15. The summed E-state index contributed by atoms with van der Waals surface area (Å²) in [6.07, 6.45) is 79.0. The summed E-state index contributed by atoms with van der Waals surface area (Å²) in [6.45, 7) is 4.17. The Kier molecular flexibility index (Phi) is 48.5. The van der Waals surface area contributed by atoms with Crippen molar-refractivity contribution in [2.75, 3.05) is 6.61 Å². The number of aliphatic hydroxyl groups excluding tert-OH is 2. The second kappa shape index (κ2) is 51.1. The number of unbranched alkanes of at least 4 members (excludes halogenated alkanes) is 19. The number of allylic oxidation sites excluding steroid dienone is 19. The average molecular weight is 842 g/mol. The van der Waals surface area contributed by atoms with Crippen molar-refractivity contribution in [3.8, 4) is 0 Å². The van der Waals surface area contributed by atoms with E-state index in [1.807, 2.05) is 6.08 Å². The van der Waals surface area contributed by atoms with Gasteiger partial charge in [-0.15, -0.1) is 0 Å². The number of rotatable bonds is 44. The van der Waals surface area contributed by atoms with Crippen LogP contribution in [0.5, 0.6) is 0 Å². The lowest BCUT2D eigenvalue weighted by molar-refractivity contribution is -0.122. The minimum Gasteiger partial charge on any atom is -0.394 e. The lowest BCUT2D eigenvalue weighted by Gasteiger charge is -2.19. The number of aliphatic hydroxyl groups is 2. The molecular weight excluding hydrogens is 747 g/mol. The van der Waals surface area contributed by atoms with Gasteiger partial charge in [0.1, 0.15) is 0 Å². The Hall–Kier alpha value is -3.21. The third-order valence-corrected chi connectivity index (χ3v) is 10.7. The predicted molar refractivity (Wildman–Crippen MR) is 271 cm³/mol. The van der Waals surface area contributed by atoms with E-state index in [-0.39, 0.29) is 12.5 Å². The minimum atomic E-state index is -0.873. The Morgan fingerprint density at radius 2 is 0.721 bits per heavy atom. The van der Waals surface area contributed by atoms with Gasteiger partial charge in [0.05, 0.1) is 18.8 Å². The molecule has 0 saturated heterocycles. The normalized spacial score (nSPS) is 14.0. The molecule has 0 aromatic carbocycles. The number of nitrogens with one attached hydrogen (secondary N) is 1. The molecule has 4 heteroatoms. The summed E-state index contributed by atoms with van der Waals surface area (Å²) in [5, 5.41) is 23.1. The first-order chi connectivity index (χ1) is 30.2. The molecule has 0 spiro atoms. The fourth-order valence-electron chi connectivity index (χ4n) is 6.88. The maximum atomic E-state index is 12.4. The molecule has 0 aromatic heterocycles. The molecule has 0 aromatic rings. The summed E-state index contributed by atoms with van der Waals surface area (Å²) in [5.41, 5.74) is 0. The number of carbonyl (C=O) groups excluding carboxylic acids is 1. The standard InChI is InChI=1S/C57H95NO3/c1-3-5-7-9-11-13-15-17-19-21-23-25-26-27-28-29-30-31-32-33-35-37-39-41-43-45-47-49-51-53-57(61)58-55(54-59)56(60)52-50-48-46-44-42-40-38-36-34-24-22-20-18-16-14-12-10-8-6-4-2/h5,7,11,13,17,19,23,25,27-28,30-31,33,35,39,41,45,47,50,52,55-56,59-60H,3-4,6,8-10,12,14-16,18,20-22,24,26,29,32,34,36-38,40,42-44,46,48-49,51,53-54H2,1-2H3,(H,58,61)/b7-5-,13-11-,19-17-,25-23-,28-27-,31-30-,35-33-,41-39-,47-45-,52-50+. The highest BCUT2D eigenvalue weighted by Gasteiger charge is 2.17. The number of hydrogen-bond donors (Lipinski definition) is 3. The van der Waals surface area contributed by atoms with Gasteiger partial charge in [-0.3, -0.25) is 4.79 Å². The van der Waals surface area contributed by atoms with E-state index in [4.69, 9.17) is 0 Å². The summed E-state index contributed by atoms with van der Waals surface area (Å²) in [7, 11) is 0. The first-order valence-electron chi connectivity index (χ1n) is 25.2. The highest BCUT2D eigenvalue weighted by atomic mass is 16.3. The van der Waals surface area contributed by atoms with Crippen molar-refractivity contribution < 1.29 is 15.0 Å². The quantitative estimate of drug-likeness (QED) is 0.0423. The van der Waals surface area contributed by atoms with Crippen molar-refractivity contribution in [3.05, 3.63) is 122 Å². The first kappa shape index (κ1) is 57.8. The predicted octanol–water partition coefficient (Wildman–Crippen LogP) is 16.5. The molecule has 0 bridgehead atoms. The Bertz CT molecular complexity index is 1230. The molecule has 2 unspecified atom stereocenters. The molecule has 0 saturated carbocycles. The van der Waals surface area contributed by atoms with Gasteiger partial charge >= 0.3 is 0 Å². The average Bonchev–Trinajstić information content (AvgIpc) is 3.26. The van der Waals surface area contributed by atoms with Gasteiger partial charge in [0.15, 0.2) is 0 Å². The maximum Gasteiger partial charge on any atom is 0.220 e. The van der Waals surface area contributed by atoms with E-state index in [9.17, 15) is 15.0 Å². The smallest absolute Gasteiger partial charge is 0.220 e. The van der Waals surface area contributed by atoms with Gasteiger partial charge in [-0.05, 0) is 83.5 Å². The number of carbonyl (C=O) groups is 1. The van der Waals surface area contributed by atoms with E-state index >= 15 is 0 Å². The van der Waals surface area contributed by atoms with Gasteiger partial charge in [0, 0.05) is 6.42 Å². The Balaban J connectivity index is 3.74. The van der Waals surface area contributed by atoms with Crippen LogP contribution >= 0.6 is 0 Å². The zero-order valence-corrected chi connectivity index (χ0v) is 39.6. The van der Waals surface area contributed by atoms with Crippen LogP contribution in [0.4, 0.5) is 0 Å². The fraction of sp³-hybridized carbons (Fsp3) is 0.632. The van der Waals surface area contributed by atoms with Crippen LogP contribution in [0.2, 0.25) is 0 Å². The molecule has 0 rings (SSSR count). The monoisotopic (exact) mass is 842 g/mol. The van der Waals surface area contributed by atoms with Gasteiger partial charge in [-0.25, -0.2) is 0 Å². The molecule has 0 radical (unpaired) electrons. The summed E-state index contributed by atoms with van der Waals surface area (Å²) < 4.78 is 0. The molecule has 0 aliphatic carbocycles. The fourth-order valence-corrected chi connectivity index (χ4v) is 6.88. The van der Waals surface area contributed by atoms with Crippen molar-refractivity contribution in [3.63, 3.8) is 0 Å². The number of amides is 1. The SMILES string of the molecule is CC/C=C\C/C=C\C/C=C\C/C=C\C/C=C\C/C=C\C/C=C\C/C=C\C/C=C\CCCC(=O)NC(CO)C(O)/C=C/CCCCCCCCCCCCCCCCCCCC. The summed E-state index contributed by atoms with van der Waals surface area (Å²) in [5.74, 6) is -0.126. The van der Waals surface area contributed by atoms with Crippen molar-refractivity contribution in [1.29, 1.82) is 0 Å². The topological polar surface area (TPSA) is 69.6 Å². The van der Waals surface area contributed by atoms with E-state index in [1.165, 1.54) is 109 Å². The molecular formula is C57H95NO3. The molecule has 0 aliphatic heterocycles. The van der Waals surface area contributed by atoms with E-state index in [0.29, 0.717) is 6.42 Å². The molecule has 3 N–H and O–H groups in total. The highest BCUT2D eigenvalue weighted by molar-refractivity contribution is 5.76. The third-order valence-electron chi connectivity index (χ3n) is 10.7. The lowest BCUT2D eigenvalue weighted by Crippen LogP contribution is -2.45. The van der Waals surface area contributed by atoms with Crippen LogP contribution in [-0.2, 0) is 4.79 Å².